The van der Waals surface area contributed by atoms with Gasteiger partial charge in [-0.3, -0.25) is 9.35 Å². The first-order valence-corrected chi connectivity index (χ1v) is 5.04. The summed E-state index contributed by atoms with van der Waals surface area (Å²) in [6.07, 6.45) is 1.74. The molecular weight excluding hydrogens is 226 g/mol. The van der Waals surface area contributed by atoms with Crippen molar-refractivity contribution in [3.63, 3.8) is 0 Å². The van der Waals surface area contributed by atoms with Crippen molar-refractivity contribution in [1.29, 1.82) is 0 Å². The second-order valence-electron chi connectivity index (χ2n) is 2.01. The maximum Gasteiger partial charge on any atom is 0.327 e. The molecule has 15 heavy (non-hydrogen) atoms. The van der Waals surface area contributed by atoms with Crippen molar-refractivity contribution < 1.29 is 27.7 Å². The van der Waals surface area contributed by atoms with Crippen LogP contribution in [-0.2, 0) is 19.7 Å². The van der Waals surface area contributed by atoms with Crippen LogP contribution in [0.15, 0.2) is 25.3 Å². The van der Waals surface area contributed by atoms with Gasteiger partial charge in [-0.05, 0) is 6.08 Å². The molecule has 1 amide bonds. The number of carboxylic acids is 1. The number of rotatable bonds is 4. The Bertz CT molecular complexity index is 344. The molecule has 0 aromatic heterocycles. The normalized spacial score (nSPS) is 9.13. The lowest BCUT2D eigenvalue weighted by Gasteiger charge is -1.95. The third-order valence-corrected chi connectivity index (χ3v) is 1.30. The zero-order valence-electron chi connectivity index (χ0n) is 7.71. The molecule has 0 fully saturated rings. The summed E-state index contributed by atoms with van der Waals surface area (Å²) in [6.45, 7) is 6.03. The monoisotopic (exact) mass is 237 g/mol. The standard InChI is InChI=1S/C4H7NO4S.C3H4O2/c1-2-4(6)5-3-10(7,8)9;1-2-3(4)5/h2H,1,3H2,(H,5,6)(H,7,8,9);2H,1H2,(H,4,5). The van der Waals surface area contributed by atoms with Crippen LogP contribution in [0.1, 0.15) is 0 Å². The van der Waals surface area contributed by atoms with E-state index in [2.05, 4.69) is 13.2 Å². The van der Waals surface area contributed by atoms with E-state index >= 15 is 0 Å². The van der Waals surface area contributed by atoms with Gasteiger partial charge in [-0.1, -0.05) is 13.2 Å². The Kier molecular flexibility index (Phi) is 8.11. The molecule has 7 nitrogen and oxygen atoms in total. The minimum atomic E-state index is -4.11. The molecule has 0 aromatic rings. The summed E-state index contributed by atoms with van der Waals surface area (Å²) in [5.74, 6) is -2.40. The van der Waals surface area contributed by atoms with Crippen molar-refractivity contribution >= 4 is 22.0 Å². The molecule has 8 heteroatoms. The van der Waals surface area contributed by atoms with Gasteiger partial charge in [0.2, 0.25) is 5.91 Å². The average molecular weight is 237 g/mol. The second-order valence-corrected chi connectivity index (χ2v) is 3.47. The molecule has 3 N–H and O–H groups in total. The summed E-state index contributed by atoms with van der Waals surface area (Å²) in [5.41, 5.74) is 0. The average Bonchev–Trinajstić information content (AvgIpc) is 2.14. The SMILES string of the molecule is C=CC(=O)NCS(=O)(=O)O.C=CC(=O)O. The molecule has 0 heterocycles. The van der Waals surface area contributed by atoms with Gasteiger partial charge in [-0.25, -0.2) is 4.79 Å². The van der Waals surface area contributed by atoms with Gasteiger partial charge >= 0.3 is 5.97 Å². The first-order chi connectivity index (χ1) is 6.72. The van der Waals surface area contributed by atoms with E-state index in [1.807, 2.05) is 5.32 Å². The van der Waals surface area contributed by atoms with Gasteiger partial charge in [-0.15, -0.1) is 0 Å². The Morgan fingerprint density at radius 2 is 1.67 bits per heavy atom. The number of amides is 1. The number of carbonyl (C=O) groups is 2. The molecule has 0 saturated carbocycles. The number of carboxylic acid groups (broad SMARTS) is 1. The van der Waals surface area contributed by atoms with Gasteiger partial charge in [0, 0.05) is 6.08 Å². The molecule has 0 atom stereocenters. The smallest absolute Gasteiger partial charge is 0.327 e. The molecule has 0 aliphatic rings. The lowest BCUT2D eigenvalue weighted by Crippen LogP contribution is -2.27. The van der Waals surface area contributed by atoms with Crippen LogP contribution in [0.3, 0.4) is 0 Å². The van der Waals surface area contributed by atoms with E-state index in [9.17, 15) is 18.0 Å². The summed E-state index contributed by atoms with van der Waals surface area (Å²) >= 11 is 0. The minimum absolute atomic E-state index is 0.641. The lowest BCUT2D eigenvalue weighted by molar-refractivity contribution is -0.131. The minimum Gasteiger partial charge on any atom is -0.478 e. The summed E-state index contributed by atoms with van der Waals surface area (Å²) in [5, 5.41) is 9.48. The van der Waals surface area contributed by atoms with Crippen molar-refractivity contribution in [1.82, 2.24) is 5.32 Å². The Morgan fingerprint density at radius 1 is 1.27 bits per heavy atom. The summed E-state index contributed by atoms with van der Waals surface area (Å²) < 4.78 is 28.0. The number of nitrogens with one attached hydrogen (secondary N) is 1. The Balaban J connectivity index is 0. The summed E-state index contributed by atoms with van der Waals surface area (Å²) in [4.78, 5) is 19.5. The third kappa shape index (κ3) is 19.0. The van der Waals surface area contributed by atoms with Crippen LogP contribution in [0.2, 0.25) is 0 Å². The fourth-order valence-corrected chi connectivity index (χ4v) is 0.559. The molecule has 0 rings (SSSR count). The van der Waals surface area contributed by atoms with Crippen molar-refractivity contribution in [2.24, 2.45) is 0 Å². The maximum atomic E-state index is 10.3. The topological polar surface area (TPSA) is 121 Å². The van der Waals surface area contributed by atoms with Crippen molar-refractivity contribution in [2.45, 2.75) is 0 Å². The molecule has 0 spiro atoms. The van der Waals surface area contributed by atoms with E-state index in [0.717, 1.165) is 12.2 Å². The highest BCUT2D eigenvalue weighted by atomic mass is 32.2. The maximum absolute atomic E-state index is 10.3. The predicted octanol–water partition coefficient (Wildman–Crippen LogP) is -0.609. The predicted molar refractivity (Wildman–Crippen MR) is 52.6 cm³/mol. The van der Waals surface area contributed by atoms with Crippen LogP contribution >= 0.6 is 0 Å². The fourth-order valence-electron chi connectivity index (χ4n) is 0.234. The fraction of sp³-hybridized carbons (Fsp3) is 0.143. The van der Waals surface area contributed by atoms with Crippen LogP contribution in [0.25, 0.3) is 0 Å². The van der Waals surface area contributed by atoms with E-state index in [4.69, 9.17) is 9.66 Å². The highest BCUT2D eigenvalue weighted by Crippen LogP contribution is 1.76. The second kappa shape index (κ2) is 7.71. The number of aliphatic carboxylic acids is 1. The molecule has 86 valence electrons. The Morgan fingerprint density at radius 3 is 1.87 bits per heavy atom. The van der Waals surface area contributed by atoms with E-state index in [1.165, 1.54) is 0 Å². The molecule has 0 aromatic carbocycles. The molecule has 0 saturated heterocycles. The largest absolute Gasteiger partial charge is 0.478 e. The summed E-state index contributed by atoms with van der Waals surface area (Å²) in [7, 11) is -4.11. The molecule has 0 radical (unpaired) electrons. The Labute approximate surface area is 86.9 Å². The first kappa shape index (κ1) is 15.8. The zero-order valence-corrected chi connectivity index (χ0v) is 8.53. The Hall–Kier alpha value is -1.67. The molecule has 0 unspecified atom stereocenters. The van der Waals surface area contributed by atoms with Crippen molar-refractivity contribution in [3.05, 3.63) is 25.3 Å². The van der Waals surface area contributed by atoms with E-state index < -0.39 is 27.9 Å². The number of hydrogen-bond acceptors (Lipinski definition) is 4. The van der Waals surface area contributed by atoms with Crippen LogP contribution < -0.4 is 5.32 Å². The first-order valence-electron chi connectivity index (χ1n) is 3.43. The van der Waals surface area contributed by atoms with Gasteiger partial charge in [0.25, 0.3) is 10.1 Å². The number of carbonyl (C=O) groups excluding carboxylic acids is 1. The third-order valence-electron chi connectivity index (χ3n) is 0.789. The van der Waals surface area contributed by atoms with Crippen LogP contribution in [0.4, 0.5) is 0 Å². The van der Waals surface area contributed by atoms with Gasteiger partial charge < -0.3 is 10.4 Å². The van der Waals surface area contributed by atoms with Gasteiger partial charge in [0.05, 0.1) is 0 Å². The van der Waals surface area contributed by atoms with Crippen molar-refractivity contribution in [3.8, 4) is 0 Å². The molecule has 0 aliphatic carbocycles. The van der Waals surface area contributed by atoms with Crippen molar-refractivity contribution in [2.75, 3.05) is 5.88 Å². The van der Waals surface area contributed by atoms with Gasteiger partial charge in [-0.2, -0.15) is 8.42 Å². The molecule has 0 aliphatic heterocycles. The zero-order chi connectivity index (χ0) is 12.5. The summed E-state index contributed by atoms with van der Waals surface area (Å²) in [6, 6.07) is 0. The van der Waals surface area contributed by atoms with Crippen LogP contribution in [0, 0.1) is 0 Å². The highest BCUT2D eigenvalue weighted by Gasteiger charge is 2.03. The van der Waals surface area contributed by atoms with Crippen LogP contribution in [-0.4, -0.2) is 35.8 Å². The lowest BCUT2D eigenvalue weighted by atomic mass is 10.6. The van der Waals surface area contributed by atoms with Gasteiger partial charge in [0.15, 0.2) is 0 Å². The van der Waals surface area contributed by atoms with E-state index in [1.54, 1.807) is 0 Å². The van der Waals surface area contributed by atoms with E-state index in [0.29, 0.717) is 0 Å². The highest BCUT2D eigenvalue weighted by molar-refractivity contribution is 7.85. The van der Waals surface area contributed by atoms with Gasteiger partial charge in [0.1, 0.15) is 5.88 Å². The molecular formula is C7H11NO6S. The van der Waals surface area contributed by atoms with Crippen LogP contribution in [0.5, 0.6) is 0 Å². The number of hydrogen-bond donors (Lipinski definition) is 3. The molecule has 0 bridgehead atoms. The van der Waals surface area contributed by atoms with E-state index in [-0.39, 0.29) is 0 Å². The quantitative estimate of drug-likeness (QED) is 0.443.